The van der Waals surface area contributed by atoms with Gasteiger partial charge in [-0.2, -0.15) is 21.4 Å². The summed E-state index contributed by atoms with van der Waals surface area (Å²) in [6.45, 7) is 7.38. The van der Waals surface area contributed by atoms with Crippen molar-refractivity contribution in [3.8, 4) is 0 Å². The SMILES string of the molecule is C=C1C(=CC2=[N+](CCCS(=O)(=O)[O-])c3ccc(S(=O)(=O)[O-])cc3[C@@]2(C)CCCCC(=O)O)C([O-])=C1C=C1N(CCCS(=O)(=O)O)c2ccc(S(=O)(=O)O)cc2[C@@]1(C)CCCCC(=O)O. The van der Waals surface area contributed by atoms with E-state index in [2.05, 4.69) is 6.58 Å². The van der Waals surface area contributed by atoms with Crippen LogP contribution in [0.25, 0.3) is 0 Å². The topological polar surface area (TPSA) is 327 Å². The Bertz CT molecular complexity index is 2860. The van der Waals surface area contributed by atoms with E-state index in [0.717, 1.165) is 12.1 Å². The maximum absolute atomic E-state index is 14.4. The lowest BCUT2D eigenvalue weighted by molar-refractivity contribution is -0.437. The highest BCUT2D eigenvalue weighted by Crippen LogP contribution is 2.53. The number of allylic oxidation sites excluding steroid dienone is 5. The van der Waals surface area contributed by atoms with Crippen molar-refractivity contribution in [2.24, 2.45) is 0 Å². The number of benzene rings is 2. The summed E-state index contributed by atoms with van der Waals surface area (Å²) in [5.74, 6) is -4.11. The molecule has 0 radical (unpaired) electrons. The van der Waals surface area contributed by atoms with Crippen LogP contribution in [-0.2, 0) is 60.9 Å². The summed E-state index contributed by atoms with van der Waals surface area (Å²) in [7, 11) is -18.8. The Morgan fingerprint density at radius 1 is 0.766 bits per heavy atom. The average Bonchev–Trinajstić information content (AvgIpc) is 3.54. The van der Waals surface area contributed by atoms with Crippen molar-refractivity contribution in [2.75, 3.05) is 29.5 Å². The lowest BCUT2D eigenvalue weighted by atomic mass is 9.72. The maximum Gasteiger partial charge on any atom is 0.303 e. The Morgan fingerprint density at radius 3 is 1.88 bits per heavy atom. The number of aliphatic carboxylic acids is 2. The molecule has 19 nitrogen and oxygen atoms in total. The van der Waals surface area contributed by atoms with Crippen molar-refractivity contribution in [3.63, 3.8) is 0 Å². The third-order valence-electron chi connectivity index (χ3n) is 11.9. The summed E-state index contributed by atoms with van der Waals surface area (Å²) in [6.07, 6.45) is 3.55. The number of anilines is 1. The van der Waals surface area contributed by atoms with Crippen LogP contribution in [0.5, 0.6) is 0 Å². The van der Waals surface area contributed by atoms with Crippen molar-refractivity contribution in [3.05, 3.63) is 94.4 Å². The van der Waals surface area contributed by atoms with Gasteiger partial charge in [0.15, 0.2) is 5.71 Å². The van der Waals surface area contributed by atoms with Gasteiger partial charge in [-0.25, -0.2) is 16.8 Å². The Morgan fingerprint density at radius 2 is 1.34 bits per heavy atom. The highest BCUT2D eigenvalue weighted by atomic mass is 32.2. The minimum atomic E-state index is -4.99. The molecule has 0 aromatic heterocycles. The molecule has 2 aromatic carbocycles. The van der Waals surface area contributed by atoms with Crippen LogP contribution in [0.3, 0.4) is 0 Å². The number of carbonyl (C=O) groups is 2. The van der Waals surface area contributed by atoms with Crippen LogP contribution in [0.15, 0.2) is 93.1 Å². The van der Waals surface area contributed by atoms with Gasteiger partial charge in [0, 0.05) is 66.1 Å². The molecule has 0 spiro atoms. The predicted molar refractivity (Wildman–Crippen MR) is 227 cm³/mol. The van der Waals surface area contributed by atoms with Gasteiger partial charge < -0.3 is 29.3 Å². The van der Waals surface area contributed by atoms with E-state index in [-0.39, 0.29) is 94.0 Å². The molecule has 4 N–H and O–H groups in total. The normalized spacial score (nSPS) is 21.5. The number of hydrogen-bond donors (Lipinski definition) is 4. The van der Waals surface area contributed by atoms with E-state index in [4.69, 9.17) is 0 Å². The Balaban J connectivity index is 1.70. The summed E-state index contributed by atoms with van der Waals surface area (Å²) < 4.78 is 141. The summed E-state index contributed by atoms with van der Waals surface area (Å²) in [4.78, 5) is 23.4. The molecule has 0 unspecified atom stereocenters. The van der Waals surface area contributed by atoms with Crippen LogP contribution >= 0.6 is 0 Å². The van der Waals surface area contributed by atoms with Gasteiger partial charge in [0.25, 0.3) is 20.2 Å². The molecular formula is C41H48N2O17S4-2. The fraction of sp³-hybridized carbons (Fsp3) is 0.439. The molecule has 350 valence electrons. The largest absolute Gasteiger partial charge is 0.872 e. The third-order valence-corrected chi connectivity index (χ3v) is 15.2. The molecule has 2 heterocycles. The monoisotopic (exact) mass is 968 g/mol. The van der Waals surface area contributed by atoms with Crippen LogP contribution in [-0.4, -0.2) is 109 Å². The standard InChI is InChI=1S/C41H50N2O17S4/c1-26-29(24-35-40(2,16-6-4-10-37(44)45)31-22-27(63(55,56)57)12-14-33(31)42(35)18-8-20-61(49,50)51)39(48)30(26)25-36-41(3,17-7-5-11-38(46)47)32-23-28(64(58,59)60)13-15-34(32)43(36)19-9-21-62(52,53)54/h12-15,22-25H,1,4-11,16-21H2,2-3H3,(H6-,44,45,46,47,48,49,50,51,52,53,54,55,56,57,58,59,60)/p-2/t40-,41-/m1/s1. The van der Waals surface area contributed by atoms with Gasteiger partial charge in [-0.15, -0.1) is 0 Å². The van der Waals surface area contributed by atoms with Crippen molar-refractivity contribution in [1.29, 1.82) is 0 Å². The molecule has 0 saturated carbocycles. The van der Waals surface area contributed by atoms with Crippen molar-refractivity contribution < 1.29 is 81.4 Å². The van der Waals surface area contributed by atoms with Gasteiger partial charge in [-0.3, -0.25) is 18.7 Å². The number of carboxylic acid groups (broad SMARTS) is 2. The molecule has 64 heavy (non-hydrogen) atoms. The van der Waals surface area contributed by atoms with Crippen LogP contribution in [0.1, 0.15) is 89.2 Å². The molecule has 5 rings (SSSR count). The molecular weight excluding hydrogens is 921 g/mol. The summed E-state index contributed by atoms with van der Waals surface area (Å²) in [6, 6.07) is 7.39. The molecule has 2 atom stereocenters. The van der Waals surface area contributed by atoms with Crippen LogP contribution in [0.4, 0.5) is 11.4 Å². The Hall–Kier alpha value is -4.75. The van der Waals surface area contributed by atoms with Crippen molar-refractivity contribution in [2.45, 2.75) is 98.7 Å². The summed E-state index contributed by atoms with van der Waals surface area (Å²) >= 11 is 0. The smallest absolute Gasteiger partial charge is 0.303 e. The van der Waals surface area contributed by atoms with Gasteiger partial charge >= 0.3 is 11.9 Å². The molecule has 2 aliphatic heterocycles. The highest BCUT2D eigenvalue weighted by Gasteiger charge is 2.49. The first-order chi connectivity index (χ1) is 29.5. The molecule has 0 amide bonds. The second-order valence-corrected chi connectivity index (χ2v) is 22.3. The van der Waals surface area contributed by atoms with E-state index >= 15 is 0 Å². The highest BCUT2D eigenvalue weighted by molar-refractivity contribution is 7.86. The van der Waals surface area contributed by atoms with E-state index in [1.807, 2.05) is 0 Å². The van der Waals surface area contributed by atoms with E-state index in [0.29, 0.717) is 33.9 Å². The zero-order valence-electron chi connectivity index (χ0n) is 34.8. The van der Waals surface area contributed by atoms with Gasteiger partial charge in [-0.05, 0) is 105 Å². The molecule has 3 aliphatic rings. The van der Waals surface area contributed by atoms with E-state index in [1.165, 1.54) is 36.4 Å². The molecule has 1 aliphatic carbocycles. The predicted octanol–water partition coefficient (Wildman–Crippen LogP) is 3.47. The van der Waals surface area contributed by atoms with Crippen molar-refractivity contribution >= 4 is 69.5 Å². The number of fused-ring (bicyclic) bond motifs is 2. The number of hydrogen-bond acceptors (Lipinski definition) is 14. The maximum atomic E-state index is 14.4. The number of nitrogens with zero attached hydrogens (tertiary/aromatic N) is 2. The summed E-state index contributed by atoms with van der Waals surface area (Å²) in [5.41, 5.74) is -0.0181. The lowest BCUT2D eigenvalue weighted by Crippen LogP contribution is -2.34. The third kappa shape index (κ3) is 11.2. The average molecular weight is 969 g/mol. The first-order valence-electron chi connectivity index (χ1n) is 20.0. The van der Waals surface area contributed by atoms with Crippen molar-refractivity contribution in [1.82, 2.24) is 0 Å². The first-order valence-corrected chi connectivity index (χ1v) is 26.0. The van der Waals surface area contributed by atoms with E-state index in [9.17, 15) is 76.8 Å². The van der Waals surface area contributed by atoms with Gasteiger partial charge in [-0.1, -0.05) is 25.2 Å². The zero-order chi connectivity index (χ0) is 47.8. The minimum absolute atomic E-state index is 0.0507. The lowest BCUT2D eigenvalue weighted by Gasteiger charge is -2.37. The van der Waals surface area contributed by atoms with Gasteiger partial charge in [0.2, 0.25) is 5.69 Å². The van der Waals surface area contributed by atoms with Gasteiger partial charge in [0.05, 0.1) is 31.1 Å². The molecule has 0 bridgehead atoms. The Kier molecular flexibility index (Phi) is 14.6. The quantitative estimate of drug-likeness (QED) is 0.0745. The molecule has 2 aromatic rings. The number of rotatable bonds is 22. The second kappa shape index (κ2) is 18.6. The van der Waals surface area contributed by atoms with E-state index < -0.39 is 90.3 Å². The van der Waals surface area contributed by atoms with Crippen LogP contribution in [0, 0.1) is 0 Å². The van der Waals surface area contributed by atoms with E-state index in [1.54, 1.807) is 23.3 Å². The summed E-state index contributed by atoms with van der Waals surface area (Å²) in [5, 5.41) is 33.0. The fourth-order valence-electron chi connectivity index (χ4n) is 8.71. The molecule has 0 fully saturated rings. The fourth-order valence-corrected chi connectivity index (χ4v) is 10.7. The zero-order valence-corrected chi connectivity index (χ0v) is 38.1. The second-order valence-electron chi connectivity index (χ2n) is 16.4. The minimum Gasteiger partial charge on any atom is -0.872 e. The first kappa shape index (κ1) is 50.3. The number of carboxylic acids is 2. The van der Waals surface area contributed by atoms with Crippen LogP contribution in [0.2, 0.25) is 0 Å². The Labute approximate surface area is 371 Å². The molecule has 23 heteroatoms. The van der Waals surface area contributed by atoms with Crippen LogP contribution < -0.4 is 10.0 Å². The molecule has 0 saturated heterocycles. The van der Waals surface area contributed by atoms with Gasteiger partial charge in [0.1, 0.15) is 16.7 Å². The number of unbranched alkanes of at least 4 members (excludes halogenated alkanes) is 2.